The van der Waals surface area contributed by atoms with Gasteiger partial charge in [-0.3, -0.25) is 14.9 Å². The third-order valence-electron chi connectivity index (χ3n) is 4.11. The molecule has 0 aliphatic rings. The first-order valence-electron chi connectivity index (χ1n) is 8.34. The number of rotatable bonds is 9. The van der Waals surface area contributed by atoms with Crippen molar-refractivity contribution in [1.29, 1.82) is 0 Å². The maximum Gasteiger partial charge on any atom is 0.286 e. The minimum Gasteiger partial charge on any atom is -0.497 e. The molecule has 0 fully saturated rings. The quantitative estimate of drug-likeness (QED) is 0.518. The smallest absolute Gasteiger partial charge is 0.286 e. The fourth-order valence-corrected chi connectivity index (χ4v) is 2.68. The molecule has 1 N–H and O–H groups in total. The van der Waals surface area contributed by atoms with Gasteiger partial charge in [-0.05, 0) is 30.2 Å². The predicted octanol–water partition coefficient (Wildman–Crippen LogP) is 2.60. The van der Waals surface area contributed by atoms with E-state index in [2.05, 4.69) is 5.32 Å². The van der Waals surface area contributed by atoms with Crippen LogP contribution in [0.5, 0.6) is 23.0 Å². The Bertz CT molecular complexity index is 868. The molecule has 150 valence electrons. The van der Waals surface area contributed by atoms with E-state index in [9.17, 15) is 14.9 Å². The number of carbonyl (C=O) groups is 1. The first-order chi connectivity index (χ1) is 13.4. The van der Waals surface area contributed by atoms with Gasteiger partial charge in [0.2, 0.25) is 0 Å². The van der Waals surface area contributed by atoms with Crippen LogP contribution in [-0.4, -0.2) is 45.8 Å². The fourth-order valence-electron chi connectivity index (χ4n) is 2.68. The Kier molecular flexibility index (Phi) is 7.02. The van der Waals surface area contributed by atoms with Crippen LogP contribution in [0.15, 0.2) is 30.3 Å². The van der Waals surface area contributed by atoms with Crippen molar-refractivity contribution in [2.24, 2.45) is 0 Å². The number of nitro groups is 1. The van der Waals surface area contributed by atoms with E-state index in [0.29, 0.717) is 17.9 Å². The first kappa shape index (κ1) is 20.8. The second kappa shape index (κ2) is 9.45. The molecule has 2 rings (SSSR count). The summed E-state index contributed by atoms with van der Waals surface area (Å²) in [7, 11) is 5.86. The summed E-state index contributed by atoms with van der Waals surface area (Å²) in [5, 5.41) is 14.0. The van der Waals surface area contributed by atoms with Crippen LogP contribution in [0.2, 0.25) is 0 Å². The van der Waals surface area contributed by atoms with E-state index in [1.165, 1.54) is 26.4 Å². The normalized spacial score (nSPS) is 10.1. The maximum atomic E-state index is 12.5. The fraction of sp³-hybridized carbons (Fsp3) is 0.316. The Morgan fingerprint density at radius 3 is 2.18 bits per heavy atom. The lowest BCUT2D eigenvalue weighted by Gasteiger charge is -2.12. The van der Waals surface area contributed by atoms with E-state index < -0.39 is 10.8 Å². The summed E-state index contributed by atoms with van der Waals surface area (Å²) in [4.78, 5) is 23.2. The molecule has 0 radical (unpaired) electrons. The summed E-state index contributed by atoms with van der Waals surface area (Å²) in [6.45, 7) is 0.244. The van der Waals surface area contributed by atoms with E-state index in [1.54, 1.807) is 26.4 Å². The zero-order chi connectivity index (χ0) is 20.7. The molecule has 0 saturated carbocycles. The van der Waals surface area contributed by atoms with Crippen molar-refractivity contribution in [1.82, 2.24) is 5.32 Å². The number of carbonyl (C=O) groups excluding carboxylic acids is 1. The monoisotopic (exact) mass is 390 g/mol. The number of hydrogen-bond acceptors (Lipinski definition) is 7. The molecule has 0 unspecified atom stereocenters. The summed E-state index contributed by atoms with van der Waals surface area (Å²) in [5.74, 6) is 1.14. The highest BCUT2D eigenvalue weighted by molar-refractivity contribution is 5.99. The largest absolute Gasteiger partial charge is 0.497 e. The molecular weight excluding hydrogens is 368 g/mol. The third kappa shape index (κ3) is 4.61. The zero-order valence-corrected chi connectivity index (χ0v) is 16.1. The van der Waals surface area contributed by atoms with Crippen molar-refractivity contribution in [2.75, 3.05) is 35.0 Å². The van der Waals surface area contributed by atoms with Gasteiger partial charge in [0, 0.05) is 12.6 Å². The topological polar surface area (TPSA) is 109 Å². The average molecular weight is 390 g/mol. The van der Waals surface area contributed by atoms with Gasteiger partial charge in [0.25, 0.3) is 11.6 Å². The second-order valence-corrected chi connectivity index (χ2v) is 5.67. The molecule has 0 saturated heterocycles. The standard InChI is InChI=1S/C19H22N2O7/c1-25-13-5-6-16(26-2)12(9-13)7-8-20-19(22)14-10-17(27-3)18(28-4)11-15(14)21(23)24/h5-6,9-11H,7-8H2,1-4H3,(H,20,22). The Morgan fingerprint density at radius 2 is 1.61 bits per heavy atom. The molecule has 0 aliphatic carbocycles. The molecular formula is C19H22N2O7. The number of hydrogen-bond donors (Lipinski definition) is 1. The van der Waals surface area contributed by atoms with E-state index in [1.807, 2.05) is 6.07 Å². The van der Waals surface area contributed by atoms with Crippen molar-refractivity contribution < 1.29 is 28.7 Å². The number of benzene rings is 2. The van der Waals surface area contributed by atoms with Crippen LogP contribution in [-0.2, 0) is 6.42 Å². The van der Waals surface area contributed by atoms with Crippen LogP contribution in [0, 0.1) is 10.1 Å². The summed E-state index contributed by atoms with van der Waals surface area (Å²) >= 11 is 0. The molecule has 0 aromatic heterocycles. The van der Waals surface area contributed by atoms with Crippen LogP contribution in [0.25, 0.3) is 0 Å². The third-order valence-corrected chi connectivity index (χ3v) is 4.11. The molecule has 0 bridgehead atoms. The van der Waals surface area contributed by atoms with Gasteiger partial charge in [-0.15, -0.1) is 0 Å². The minimum absolute atomic E-state index is 0.111. The lowest BCUT2D eigenvalue weighted by Crippen LogP contribution is -2.26. The highest BCUT2D eigenvalue weighted by atomic mass is 16.6. The summed E-state index contributed by atoms with van der Waals surface area (Å²) in [6.07, 6.45) is 0.452. The van der Waals surface area contributed by atoms with Crippen LogP contribution < -0.4 is 24.3 Å². The summed E-state index contributed by atoms with van der Waals surface area (Å²) < 4.78 is 20.7. The highest BCUT2D eigenvalue weighted by Crippen LogP contribution is 2.34. The van der Waals surface area contributed by atoms with Crippen molar-refractivity contribution in [3.05, 3.63) is 51.6 Å². The van der Waals surface area contributed by atoms with Gasteiger partial charge in [-0.2, -0.15) is 0 Å². The molecule has 9 heteroatoms. The lowest BCUT2D eigenvalue weighted by molar-refractivity contribution is -0.385. The molecule has 2 aromatic carbocycles. The average Bonchev–Trinajstić information content (AvgIpc) is 2.72. The van der Waals surface area contributed by atoms with E-state index in [0.717, 1.165) is 5.56 Å². The van der Waals surface area contributed by atoms with Gasteiger partial charge >= 0.3 is 0 Å². The van der Waals surface area contributed by atoms with Gasteiger partial charge < -0.3 is 24.3 Å². The number of nitrogens with one attached hydrogen (secondary N) is 1. The van der Waals surface area contributed by atoms with Crippen LogP contribution in [0.3, 0.4) is 0 Å². The van der Waals surface area contributed by atoms with Crippen LogP contribution >= 0.6 is 0 Å². The molecule has 0 heterocycles. The number of nitro benzene ring substituents is 1. The maximum absolute atomic E-state index is 12.5. The Hall–Kier alpha value is -3.49. The number of amides is 1. The van der Waals surface area contributed by atoms with Crippen molar-refractivity contribution >= 4 is 11.6 Å². The first-order valence-corrected chi connectivity index (χ1v) is 8.34. The van der Waals surface area contributed by atoms with Gasteiger partial charge in [-0.25, -0.2) is 0 Å². The van der Waals surface area contributed by atoms with Crippen molar-refractivity contribution in [3.63, 3.8) is 0 Å². The molecule has 28 heavy (non-hydrogen) atoms. The van der Waals surface area contributed by atoms with Gasteiger partial charge in [-0.1, -0.05) is 0 Å². The van der Waals surface area contributed by atoms with E-state index in [4.69, 9.17) is 18.9 Å². The molecule has 0 aliphatic heterocycles. The minimum atomic E-state index is -0.637. The van der Waals surface area contributed by atoms with Crippen molar-refractivity contribution in [3.8, 4) is 23.0 Å². The number of ether oxygens (including phenoxy) is 4. The van der Waals surface area contributed by atoms with Crippen molar-refractivity contribution in [2.45, 2.75) is 6.42 Å². The zero-order valence-electron chi connectivity index (χ0n) is 16.1. The van der Waals surface area contributed by atoms with Gasteiger partial charge in [0.15, 0.2) is 11.5 Å². The molecule has 0 spiro atoms. The van der Waals surface area contributed by atoms with Crippen LogP contribution in [0.4, 0.5) is 5.69 Å². The SMILES string of the molecule is COc1ccc(OC)c(CCNC(=O)c2cc(OC)c(OC)cc2[N+](=O)[O-])c1. The van der Waals surface area contributed by atoms with E-state index in [-0.39, 0.29) is 29.3 Å². The van der Waals surface area contributed by atoms with E-state index >= 15 is 0 Å². The summed E-state index contributed by atoms with van der Waals surface area (Å²) in [5.41, 5.74) is 0.360. The Labute approximate surface area is 162 Å². The lowest BCUT2D eigenvalue weighted by atomic mass is 10.1. The van der Waals surface area contributed by atoms with Gasteiger partial charge in [0.1, 0.15) is 17.1 Å². The summed E-state index contributed by atoms with van der Waals surface area (Å²) in [6, 6.07) is 7.81. The number of methoxy groups -OCH3 is 4. The number of nitrogens with zero attached hydrogens (tertiary/aromatic N) is 1. The van der Waals surface area contributed by atoms with Crippen LogP contribution in [0.1, 0.15) is 15.9 Å². The predicted molar refractivity (Wildman–Crippen MR) is 102 cm³/mol. The highest BCUT2D eigenvalue weighted by Gasteiger charge is 2.24. The molecule has 0 atom stereocenters. The molecule has 2 aromatic rings. The molecule has 9 nitrogen and oxygen atoms in total. The van der Waals surface area contributed by atoms with Gasteiger partial charge in [0.05, 0.1) is 39.4 Å². The second-order valence-electron chi connectivity index (χ2n) is 5.67. The Balaban J connectivity index is 2.18. The molecule has 1 amide bonds. The Morgan fingerprint density at radius 1 is 0.964 bits per heavy atom.